The second-order valence-corrected chi connectivity index (χ2v) is 3.47. The van der Waals surface area contributed by atoms with E-state index < -0.39 is 0 Å². The van der Waals surface area contributed by atoms with Crippen LogP contribution in [-0.4, -0.2) is 36.0 Å². The number of amides is 1. The van der Waals surface area contributed by atoms with Crippen LogP contribution in [-0.2, 0) is 14.3 Å². The van der Waals surface area contributed by atoms with Crippen molar-refractivity contribution in [2.75, 3.05) is 7.11 Å². The molecule has 1 fully saturated rings. The first-order valence-corrected chi connectivity index (χ1v) is 4.47. The Morgan fingerprint density at radius 3 is 2.69 bits per heavy atom. The lowest BCUT2D eigenvalue weighted by Gasteiger charge is -2.26. The fourth-order valence-electron chi connectivity index (χ4n) is 1.72. The SMILES string of the molecule is COC(=O)[C@H]1CCC(=O)N1C(C)C. The van der Waals surface area contributed by atoms with Gasteiger partial charge in [-0.05, 0) is 20.3 Å². The highest BCUT2D eigenvalue weighted by Crippen LogP contribution is 2.22. The molecule has 4 heteroatoms. The van der Waals surface area contributed by atoms with Crippen LogP contribution in [0.1, 0.15) is 26.7 Å². The Kier molecular flexibility index (Phi) is 2.90. The highest BCUT2D eigenvalue weighted by Gasteiger charge is 2.37. The van der Waals surface area contributed by atoms with E-state index in [-0.39, 0.29) is 24.0 Å². The van der Waals surface area contributed by atoms with Gasteiger partial charge in [-0.15, -0.1) is 0 Å². The fraction of sp³-hybridized carbons (Fsp3) is 0.778. The number of hydrogen-bond acceptors (Lipinski definition) is 3. The number of esters is 1. The zero-order chi connectivity index (χ0) is 10.0. The molecule has 1 heterocycles. The van der Waals surface area contributed by atoms with Crippen LogP contribution in [0.4, 0.5) is 0 Å². The number of carbonyl (C=O) groups is 2. The molecule has 1 amide bonds. The Morgan fingerprint density at radius 2 is 2.23 bits per heavy atom. The molecule has 0 saturated carbocycles. The third-order valence-electron chi connectivity index (χ3n) is 2.29. The highest BCUT2D eigenvalue weighted by molar-refractivity contribution is 5.88. The smallest absolute Gasteiger partial charge is 0.328 e. The number of hydrogen-bond donors (Lipinski definition) is 0. The van der Waals surface area contributed by atoms with E-state index in [4.69, 9.17) is 0 Å². The van der Waals surface area contributed by atoms with E-state index in [0.29, 0.717) is 12.8 Å². The molecule has 0 N–H and O–H groups in total. The molecule has 1 saturated heterocycles. The number of ether oxygens (including phenoxy) is 1. The first-order chi connectivity index (χ1) is 6.07. The fourth-order valence-corrected chi connectivity index (χ4v) is 1.72. The summed E-state index contributed by atoms with van der Waals surface area (Å²) < 4.78 is 4.63. The summed E-state index contributed by atoms with van der Waals surface area (Å²) in [5.41, 5.74) is 0. The van der Waals surface area contributed by atoms with Gasteiger partial charge in [0.25, 0.3) is 0 Å². The van der Waals surface area contributed by atoms with Crippen molar-refractivity contribution >= 4 is 11.9 Å². The molecule has 0 aliphatic carbocycles. The zero-order valence-electron chi connectivity index (χ0n) is 8.24. The largest absolute Gasteiger partial charge is 0.467 e. The average Bonchev–Trinajstić information content (AvgIpc) is 2.45. The lowest BCUT2D eigenvalue weighted by Crippen LogP contribution is -2.43. The van der Waals surface area contributed by atoms with Crippen LogP contribution in [0.5, 0.6) is 0 Å². The zero-order valence-corrected chi connectivity index (χ0v) is 8.24. The van der Waals surface area contributed by atoms with Gasteiger partial charge in [0.15, 0.2) is 0 Å². The summed E-state index contributed by atoms with van der Waals surface area (Å²) in [5.74, 6) is -0.259. The van der Waals surface area contributed by atoms with E-state index in [1.54, 1.807) is 4.90 Å². The standard InChI is InChI=1S/C9H15NO3/c1-6(2)10-7(9(12)13-3)4-5-8(10)11/h6-7H,4-5H2,1-3H3/t7-/m1/s1. The van der Waals surface area contributed by atoms with Gasteiger partial charge in [-0.1, -0.05) is 0 Å². The minimum atomic E-state index is -0.363. The molecule has 1 aliphatic heterocycles. The highest BCUT2D eigenvalue weighted by atomic mass is 16.5. The second kappa shape index (κ2) is 3.77. The average molecular weight is 185 g/mol. The predicted octanol–water partition coefficient (Wildman–Crippen LogP) is 0.559. The van der Waals surface area contributed by atoms with Gasteiger partial charge in [0.05, 0.1) is 7.11 Å². The minimum Gasteiger partial charge on any atom is -0.467 e. The molecule has 0 spiro atoms. The molecule has 74 valence electrons. The van der Waals surface area contributed by atoms with E-state index in [1.807, 2.05) is 13.8 Å². The van der Waals surface area contributed by atoms with Crippen LogP contribution >= 0.6 is 0 Å². The number of likely N-dealkylation sites (tertiary alicyclic amines) is 1. The van der Waals surface area contributed by atoms with E-state index >= 15 is 0 Å². The summed E-state index contributed by atoms with van der Waals surface area (Å²) in [6.45, 7) is 3.80. The summed E-state index contributed by atoms with van der Waals surface area (Å²) in [7, 11) is 1.35. The van der Waals surface area contributed by atoms with E-state index in [0.717, 1.165) is 0 Å². The number of rotatable bonds is 2. The maximum absolute atomic E-state index is 11.4. The van der Waals surface area contributed by atoms with Gasteiger partial charge < -0.3 is 9.64 Å². The topological polar surface area (TPSA) is 46.6 Å². The lowest BCUT2D eigenvalue weighted by atomic mass is 10.2. The number of carbonyl (C=O) groups excluding carboxylic acids is 2. The van der Waals surface area contributed by atoms with Gasteiger partial charge in [-0.3, -0.25) is 4.79 Å². The molecular weight excluding hydrogens is 170 g/mol. The Hall–Kier alpha value is -1.06. The molecule has 1 atom stereocenters. The van der Waals surface area contributed by atoms with Crippen molar-refractivity contribution in [3.63, 3.8) is 0 Å². The monoisotopic (exact) mass is 185 g/mol. The van der Waals surface area contributed by atoms with Crippen LogP contribution in [0.15, 0.2) is 0 Å². The molecule has 4 nitrogen and oxygen atoms in total. The van der Waals surface area contributed by atoms with Crippen LogP contribution in [0, 0.1) is 0 Å². The van der Waals surface area contributed by atoms with Crippen molar-refractivity contribution in [3.8, 4) is 0 Å². The third-order valence-corrected chi connectivity index (χ3v) is 2.29. The third kappa shape index (κ3) is 1.82. The van der Waals surface area contributed by atoms with Gasteiger partial charge >= 0.3 is 5.97 Å². The van der Waals surface area contributed by atoms with Crippen molar-refractivity contribution in [1.82, 2.24) is 4.90 Å². The van der Waals surface area contributed by atoms with Crippen LogP contribution < -0.4 is 0 Å². The normalized spacial score (nSPS) is 22.6. The van der Waals surface area contributed by atoms with Crippen LogP contribution in [0.25, 0.3) is 0 Å². The molecule has 13 heavy (non-hydrogen) atoms. The first-order valence-electron chi connectivity index (χ1n) is 4.47. The van der Waals surface area contributed by atoms with Gasteiger partial charge in [-0.25, -0.2) is 4.79 Å². The number of nitrogens with zero attached hydrogens (tertiary/aromatic N) is 1. The summed E-state index contributed by atoms with van der Waals surface area (Å²) in [4.78, 5) is 24.2. The van der Waals surface area contributed by atoms with E-state index in [2.05, 4.69) is 4.74 Å². The van der Waals surface area contributed by atoms with Gasteiger partial charge in [0.2, 0.25) is 5.91 Å². The van der Waals surface area contributed by atoms with Gasteiger partial charge in [0, 0.05) is 12.5 Å². The van der Waals surface area contributed by atoms with Crippen LogP contribution in [0.2, 0.25) is 0 Å². The molecule has 0 radical (unpaired) electrons. The van der Waals surface area contributed by atoms with Crippen molar-refractivity contribution in [2.24, 2.45) is 0 Å². The number of methoxy groups -OCH3 is 1. The Balaban J connectivity index is 2.75. The Labute approximate surface area is 77.8 Å². The Morgan fingerprint density at radius 1 is 1.62 bits per heavy atom. The van der Waals surface area contributed by atoms with E-state index in [9.17, 15) is 9.59 Å². The maximum atomic E-state index is 11.4. The summed E-state index contributed by atoms with van der Waals surface area (Å²) in [5, 5.41) is 0. The van der Waals surface area contributed by atoms with Crippen molar-refractivity contribution < 1.29 is 14.3 Å². The van der Waals surface area contributed by atoms with Crippen LogP contribution in [0.3, 0.4) is 0 Å². The van der Waals surface area contributed by atoms with E-state index in [1.165, 1.54) is 7.11 Å². The molecule has 0 aromatic heterocycles. The van der Waals surface area contributed by atoms with Gasteiger partial charge in [0.1, 0.15) is 6.04 Å². The predicted molar refractivity (Wildman–Crippen MR) is 47.0 cm³/mol. The maximum Gasteiger partial charge on any atom is 0.328 e. The van der Waals surface area contributed by atoms with Crippen molar-refractivity contribution in [3.05, 3.63) is 0 Å². The summed E-state index contributed by atoms with van der Waals surface area (Å²) in [6, 6.07) is -0.295. The summed E-state index contributed by atoms with van der Waals surface area (Å²) >= 11 is 0. The molecule has 1 rings (SSSR count). The van der Waals surface area contributed by atoms with Gasteiger partial charge in [-0.2, -0.15) is 0 Å². The molecule has 0 aromatic carbocycles. The minimum absolute atomic E-state index is 0.0467. The second-order valence-electron chi connectivity index (χ2n) is 3.47. The first kappa shape index (κ1) is 10.0. The summed E-state index contributed by atoms with van der Waals surface area (Å²) in [6.07, 6.45) is 1.04. The molecule has 1 aliphatic rings. The lowest BCUT2D eigenvalue weighted by molar-refractivity contribution is -0.150. The van der Waals surface area contributed by atoms with Crippen molar-refractivity contribution in [1.29, 1.82) is 0 Å². The molecule has 0 aromatic rings. The quantitative estimate of drug-likeness (QED) is 0.590. The molecular formula is C9H15NO3. The van der Waals surface area contributed by atoms with Crippen molar-refractivity contribution in [2.45, 2.75) is 38.8 Å². The molecule has 0 bridgehead atoms. The molecule has 0 unspecified atom stereocenters. The Bertz CT molecular complexity index is 225.